The molecule has 1 N–H and O–H groups in total. The van der Waals surface area contributed by atoms with Crippen LogP contribution in [0.2, 0.25) is 0 Å². The van der Waals surface area contributed by atoms with E-state index in [9.17, 15) is 4.79 Å². The predicted molar refractivity (Wildman–Crippen MR) is 68.7 cm³/mol. The molecule has 0 spiro atoms. The number of imidazole rings is 1. The number of carbonyl (C=O) groups is 1. The van der Waals surface area contributed by atoms with Gasteiger partial charge in [0.2, 0.25) is 5.91 Å². The lowest BCUT2D eigenvalue weighted by molar-refractivity contribution is -0.120. The molecule has 2 aromatic heterocycles. The maximum atomic E-state index is 11.1. The Morgan fingerprint density at radius 2 is 2.39 bits per heavy atom. The molecule has 2 heterocycles. The van der Waals surface area contributed by atoms with Crippen molar-refractivity contribution in [1.29, 1.82) is 0 Å². The van der Waals surface area contributed by atoms with E-state index >= 15 is 0 Å². The summed E-state index contributed by atoms with van der Waals surface area (Å²) in [5, 5.41) is 2.83. The van der Waals surface area contributed by atoms with Gasteiger partial charge in [-0.25, -0.2) is 4.98 Å². The summed E-state index contributed by atoms with van der Waals surface area (Å²) in [5.41, 5.74) is 1.74. The first-order chi connectivity index (χ1) is 8.74. The number of pyridine rings is 1. The highest BCUT2D eigenvalue weighted by atomic mass is 16.5. The van der Waals surface area contributed by atoms with Crippen molar-refractivity contribution in [2.75, 3.05) is 13.7 Å². The first-order valence-electron chi connectivity index (χ1n) is 6.02. The van der Waals surface area contributed by atoms with E-state index in [2.05, 4.69) is 10.3 Å². The number of rotatable bonds is 5. The Morgan fingerprint density at radius 1 is 1.56 bits per heavy atom. The molecule has 5 nitrogen and oxygen atoms in total. The minimum atomic E-state index is 0.0661. The zero-order valence-corrected chi connectivity index (χ0v) is 10.6. The number of nitrogens with zero attached hydrogens (tertiary/aromatic N) is 2. The van der Waals surface area contributed by atoms with Crippen molar-refractivity contribution < 1.29 is 9.53 Å². The fourth-order valence-corrected chi connectivity index (χ4v) is 1.77. The third-order valence-electron chi connectivity index (χ3n) is 2.74. The third-order valence-corrected chi connectivity index (χ3v) is 2.74. The molecular weight excluding hydrogens is 230 g/mol. The van der Waals surface area contributed by atoms with Gasteiger partial charge in [-0.1, -0.05) is 6.92 Å². The summed E-state index contributed by atoms with van der Waals surface area (Å²) in [6.45, 7) is 2.45. The van der Waals surface area contributed by atoms with Gasteiger partial charge in [0.15, 0.2) is 11.4 Å². The first-order valence-corrected chi connectivity index (χ1v) is 6.02. The molecule has 0 atom stereocenters. The molecule has 2 rings (SSSR count). The molecule has 0 aliphatic rings. The molecule has 2 aromatic rings. The van der Waals surface area contributed by atoms with Gasteiger partial charge in [-0.05, 0) is 12.1 Å². The smallest absolute Gasteiger partial charge is 0.219 e. The highest BCUT2D eigenvalue weighted by molar-refractivity contribution is 5.75. The van der Waals surface area contributed by atoms with Crippen molar-refractivity contribution >= 4 is 11.6 Å². The standard InChI is InChI=1S/C13H17N3O2/c1-3-12(17)14-7-6-10-9-16-8-4-5-11(18-2)13(16)15-10/h4-5,8-9H,3,6-7H2,1-2H3,(H,14,17). The SMILES string of the molecule is CCC(=O)NCCc1cn2cccc(OC)c2n1. The molecule has 0 radical (unpaired) electrons. The Kier molecular flexibility index (Phi) is 3.82. The van der Waals surface area contributed by atoms with Crippen molar-refractivity contribution in [3.05, 3.63) is 30.2 Å². The summed E-state index contributed by atoms with van der Waals surface area (Å²) in [4.78, 5) is 15.6. The molecular formula is C13H17N3O2. The second-order valence-corrected chi connectivity index (χ2v) is 3.99. The largest absolute Gasteiger partial charge is 0.493 e. The number of amides is 1. The molecule has 0 aromatic carbocycles. The number of hydrogen-bond acceptors (Lipinski definition) is 3. The maximum Gasteiger partial charge on any atom is 0.219 e. The van der Waals surface area contributed by atoms with E-state index in [1.807, 2.05) is 35.9 Å². The average molecular weight is 247 g/mol. The normalized spacial score (nSPS) is 10.6. The lowest BCUT2D eigenvalue weighted by Gasteiger charge is -2.00. The number of ether oxygens (including phenoxy) is 1. The van der Waals surface area contributed by atoms with Crippen LogP contribution in [-0.2, 0) is 11.2 Å². The van der Waals surface area contributed by atoms with Crippen LogP contribution in [0, 0.1) is 0 Å². The highest BCUT2D eigenvalue weighted by Gasteiger charge is 2.06. The van der Waals surface area contributed by atoms with Gasteiger partial charge in [0.25, 0.3) is 0 Å². The minimum absolute atomic E-state index is 0.0661. The number of methoxy groups -OCH3 is 1. The van der Waals surface area contributed by atoms with Crippen LogP contribution < -0.4 is 10.1 Å². The fourth-order valence-electron chi connectivity index (χ4n) is 1.77. The fraction of sp³-hybridized carbons (Fsp3) is 0.385. The molecule has 0 aliphatic carbocycles. The van der Waals surface area contributed by atoms with E-state index in [0.29, 0.717) is 13.0 Å². The van der Waals surface area contributed by atoms with Gasteiger partial charge >= 0.3 is 0 Å². The molecule has 18 heavy (non-hydrogen) atoms. The summed E-state index contributed by atoms with van der Waals surface area (Å²) < 4.78 is 7.17. The van der Waals surface area contributed by atoms with E-state index in [0.717, 1.165) is 23.5 Å². The molecule has 0 unspecified atom stereocenters. The van der Waals surface area contributed by atoms with Gasteiger partial charge in [0.1, 0.15) is 0 Å². The Bertz CT molecular complexity index is 548. The number of carbonyl (C=O) groups excluding carboxylic acids is 1. The summed E-state index contributed by atoms with van der Waals surface area (Å²) >= 11 is 0. The molecule has 96 valence electrons. The van der Waals surface area contributed by atoms with Crippen molar-refractivity contribution in [3.63, 3.8) is 0 Å². The number of hydrogen-bond donors (Lipinski definition) is 1. The van der Waals surface area contributed by atoms with E-state index in [-0.39, 0.29) is 5.91 Å². The molecule has 1 amide bonds. The number of fused-ring (bicyclic) bond motifs is 1. The van der Waals surface area contributed by atoms with Crippen LogP contribution in [0.5, 0.6) is 5.75 Å². The van der Waals surface area contributed by atoms with Crippen molar-refractivity contribution in [1.82, 2.24) is 14.7 Å². The molecule has 0 bridgehead atoms. The van der Waals surface area contributed by atoms with Crippen LogP contribution >= 0.6 is 0 Å². The minimum Gasteiger partial charge on any atom is -0.493 e. The van der Waals surface area contributed by atoms with Gasteiger partial charge in [-0.15, -0.1) is 0 Å². The van der Waals surface area contributed by atoms with Crippen molar-refractivity contribution in [3.8, 4) is 5.75 Å². The molecule has 0 saturated carbocycles. The zero-order valence-electron chi connectivity index (χ0n) is 10.6. The number of nitrogens with one attached hydrogen (secondary N) is 1. The Hall–Kier alpha value is -2.04. The van der Waals surface area contributed by atoms with Crippen LogP contribution in [0.1, 0.15) is 19.0 Å². The third kappa shape index (κ3) is 2.61. The van der Waals surface area contributed by atoms with E-state index in [1.165, 1.54) is 0 Å². The summed E-state index contributed by atoms with van der Waals surface area (Å²) in [7, 11) is 1.63. The molecule has 5 heteroatoms. The van der Waals surface area contributed by atoms with Crippen molar-refractivity contribution in [2.24, 2.45) is 0 Å². The van der Waals surface area contributed by atoms with Crippen LogP contribution in [0.3, 0.4) is 0 Å². The molecule has 0 fully saturated rings. The lowest BCUT2D eigenvalue weighted by atomic mass is 10.3. The summed E-state index contributed by atoms with van der Waals surface area (Å²) in [6.07, 6.45) is 5.12. The summed E-state index contributed by atoms with van der Waals surface area (Å²) in [5.74, 6) is 0.817. The second-order valence-electron chi connectivity index (χ2n) is 3.99. The number of aromatic nitrogens is 2. The predicted octanol–water partition coefficient (Wildman–Crippen LogP) is 1.41. The lowest BCUT2D eigenvalue weighted by Crippen LogP contribution is -2.24. The van der Waals surface area contributed by atoms with Gasteiger partial charge < -0.3 is 14.5 Å². The monoisotopic (exact) mass is 247 g/mol. The quantitative estimate of drug-likeness (QED) is 0.869. The topological polar surface area (TPSA) is 55.6 Å². The Balaban J connectivity index is 2.08. The summed E-state index contributed by atoms with van der Waals surface area (Å²) in [6, 6.07) is 3.79. The van der Waals surface area contributed by atoms with Gasteiger partial charge in [-0.2, -0.15) is 0 Å². The van der Waals surface area contributed by atoms with Crippen LogP contribution in [0.4, 0.5) is 0 Å². The van der Waals surface area contributed by atoms with Crippen LogP contribution in [0.15, 0.2) is 24.5 Å². The van der Waals surface area contributed by atoms with E-state index < -0.39 is 0 Å². The van der Waals surface area contributed by atoms with E-state index in [4.69, 9.17) is 4.74 Å². The zero-order chi connectivity index (χ0) is 13.0. The van der Waals surface area contributed by atoms with Crippen molar-refractivity contribution in [2.45, 2.75) is 19.8 Å². The van der Waals surface area contributed by atoms with Crippen LogP contribution in [0.25, 0.3) is 5.65 Å². The van der Waals surface area contributed by atoms with E-state index in [1.54, 1.807) is 7.11 Å². The Labute approximate surface area is 106 Å². The van der Waals surface area contributed by atoms with Gasteiger partial charge in [0, 0.05) is 31.8 Å². The second kappa shape index (κ2) is 5.53. The van der Waals surface area contributed by atoms with Gasteiger partial charge in [0.05, 0.1) is 12.8 Å². The maximum absolute atomic E-state index is 11.1. The average Bonchev–Trinajstić information content (AvgIpc) is 2.80. The Morgan fingerprint density at radius 3 is 3.11 bits per heavy atom. The first kappa shape index (κ1) is 12.4. The van der Waals surface area contributed by atoms with Gasteiger partial charge in [-0.3, -0.25) is 4.79 Å². The molecule has 0 saturated heterocycles. The molecule has 0 aliphatic heterocycles. The van der Waals surface area contributed by atoms with Crippen LogP contribution in [-0.4, -0.2) is 28.9 Å². The highest BCUT2D eigenvalue weighted by Crippen LogP contribution is 2.18.